The number of aryl methyl sites for hydroxylation is 1. The van der Waals surface area contributed by atoms with Gasteiger partial charge in [-0.25, -0.2) is 0 Å². The van der Waals surface area contributed by atoms with Gasteiger partial charge >= 0.3 is 11.7 Å². The maximum Gasteiger partial charge on any atom is 0.416 e. The second-order valence-corrected chi connectivity index (χ2v) is 7.95. The van der Waals surface area contributed by atoms with Crippen LogP contribution in [-0.4, -0.2) is 19.2 Å². The van der Waals surface area contributed by atoms with Crippen molar-refractivity contribution in [2.24, 2.45) is 0 Å². The van der Waals surface area contributed by atoms with E-state index in [0.717, 1.165) is 17.7 Å². The van der Waals surface area contributed by atoms with E-state index in [1.165, 1.54) is 26.8 Å². The van der Waals surface area contributed by atoms with Crippen LogP contribution < -0.4 is 5.56 Å². The minimum absolute atomic E-state index is 0.114. The lowest BCUT2D eigenvalue weighted by Crippen LogP contribution is -2.21. The molecular formula is C20H14ClF3N4OS. The highest BCUT2D eigenvalue weighted by Gasteiger charge is 2.30. The standard InChI is InChI=1S/C20H14ClF3N4OS/c1-12-5-6-15(21)10-16(12)27-7-8-28-17(18(27)29)25-26-19(28)30-11-13-3-2-4-14(9-13)20(22,23)24/h2-10H,11H2,1H3. The van der Waals surface area contributed by atoms with E-state index < -0.39 is 11.7 Å². The number of hydrogen-bond donors (Lipinski definition) is 0. The second kappa shape index (κ2) is 7.81. The number of alkyl halides is 3. The van der Waals surface area contributed by atoms with E-state index in [-0.39, 0.29) is 17.0 Å². The second-order valence-electron chi connectivity index (χ2n) is 6.57. The van der Waals surface area contributed by atoms with Crippen molar-refractivity contribution < 1.29 is 13.2 Å². The van der Waals surface area contributed by atoms with Gasteiger partial charge in [-0.2, -0.15) is 13.2 Å². The van der Waals surface area contributed by atoms with E-state index in [1.807, 2.05) is 13.0 Å². The Kier molecular flexibility index (Phi) is 5.33. The van der Waals surface area contributed by atoms with Crippen LogP contribution >= 0.6 is 23.4 Å². The van der Waals surface area contributed by atoms with Crippen molar-refractivity contribution in [1.29, 1.82) is 0 Å². The Morgan fingerprint density at radius 3 is 2.67 bits per heavy atom. The zero-order chi connectivity index (χ0) is 21.5. The van der Waals surface area contributed by atoms with Crippen LogP contribution in [0.25, 0.3) is 11.3 Å². The fraction of sp³-hybridized carbons (Fsp3) is 0.150. The monoisotopic (exact) mass is 450 g/mol. The molecule has 2 heterocycles. The summed E-state index contributed by atoms with van der Waals surface area (Å²) in [5.74, 6) is 0.251. The van der Waals surface area contributed by atoms with Gasteiger partial charge in [0.05, 0.1) is 11.3 Å². The van der Waals surface area contributed by atoms with Crippen LogP contribution in [0.15, 0.2) is 64.8 Å². The topological polar surface area (TPSA) is 52.2 Å². The number of rotatable bonds is 4. The Hall–Kier alpha value is -2.78. The first-order valence-corrected chi connectivity index (χ1v) is 10.1. The molecule has 4 aromatic rings. The van der Waals surface area contributed by atoms with E-state index in [4.69, 9.17) is 11.6 Å². The van der Waals surface area contributed by atoms with Crippen molar-refractivity contribution in [2.75, 3.05) is 0 Å². The minimum atomic E-state index is -4.40. The van der Waals surface area contributed by atoms with Crippen molar-refractivity contribution in [1.82, 2.24) is 19.2 Å². The summed E-state index contributed by atoms with van der Waals surface area (Å²) in [6.07, 6.45) is -1.16. The molecule has 154 valence electrons. The lowest BCUT2D eigenvalue weighted by molar-refractivity contribution is -0.137. The van der Waals surface area contributed by atoms with Crippen molar-refractivity contribution in [3.05, 3.63) is 86.9 Å². The largest absolute Gasteiger partial charge is 0.416 e. The van der Waals surface area contributed by atoms with Gasteiger partial charge in [0.15, 0.2) is 5.16 Å². The molecule has 0 saturated heterocycles. The quantitative estimate of drug-likeness (QED) is 0.403. The van der Waals surface area contributed by atoms with Crippen LogP contribution in [0.1, 0.15) is 16.7 Å². The van der Waals surface area contributed by atoms with Crippen LogP contribution in [-0.2, 0) is 11.9 Å². The highest BCUT2D eigenvalue weighted by molar-refractivity contribution is 7.98. The fourth-order valence-corrected chi connectivity index (χ4v) is 4.01. The third-order valence-corrected chi connectivity index (χ3v) is 5.74. The summed E-state index contributed by atoms with van der Waals surface area (Å²) in [6.45, 7) is 1.86. The third kappa shape index (κ3) is 3.95. The lowest BCUT2D eigenvalue weighted by Gasteiger charge is -2.10. The first kappa shape index (κ1) is 20.5. The lowest BCUT2D eigenvalue weighted by atomic mass is 10.1. The zero-order valence-electron chi connectivity index (χ0n) is 15.5. The normalized spacial score (nSPS) is 11.9. The average molecular weight is 451 g/mol. The summed E-state index contributed by atoms with van der Waals surface area (Å²) < 4.78 is 41.6. The molecule has 0 saturated carbocycles. The van der Waals surface area contributed by atoms with E-state index in [1.54, 1.807) is 30.6 Å². The summed E-state index contributed by atoms with van der Waals surface area (Å²) in [7, 11) is 0. The molecule has 0 aliphatic carbocycles. The predicted molar refractivity (Wildman–Crippen MR) is 109 cm³/mol. The summed E-state index contributed by atoms with van der Waals surface area (Å²) in [6, 6.07) is 10.4. The molecule has 0 radical (unpaired) electrons. The van der Waals surface area contributed by atoms with E-state index in [2.05, 4.69) is 10.2 Å². The summed E-state index contributed by atoms with van der Waals surface area (Å²) >= 11 is 7.26. The third-order valence-electron chi connectivity index (χ3n) is 4.49. The summed E-state index contributed by atoms with van der Waals surface area (Å²) in [4.78, 5) is 12.9. The first-order valence-electron chi connectivity index (χ1n) is 8.76. The Morgan fingerprint density at radius 1 is 1.10 bits per heavy atom. The SMILES string of the molecule is Cc1ccc(Cl)cc1-n1ccn2c(SCc3cccc(C(F)(F)F)c3)nnc2c1=O. The molecule has 0 aliphatic rings. The van der Waals surface area contributed by atoms with E-state index in [9.17, 15) is 18.0 Å². The van der Waals surface area contributed by atoms with Crippen molar-refractivity contribution in [2.45, 2.75) is 24.0 Å². The highest BCUT2D eigenvalue weighted by atomic mass is 35.5. The zero-order valence-corrected chi connectivity index (χ0v) is 17.1. The molecule has 30 heavy (non-hydrogen) atoms. The molecule has 0 unspecified atom stereocenters. The molecular weight excluding hydrogens is 437 g/mol. The van der Waals surface area contributed by atoms with Crippen LogP contribution in [0.5, 0.6) is 0 Å². The van der Waals surface area contributed by atoms with E-state index >= 15 is 0 Å². The number of thioether (sulfide) groups is 1. The van der Waals surface area contributed by atoms with Gasteiger partial charge in [-0.1, -0.05) is 47.6 Å². The average Bonchev–Trinajstić information content (AvgIpc) is 3.12. The highest BCUT2D eigenvalue weighted by Crippen LogP contribution is 2.31. The molecule has 0 amide bonds. The smallest absolute Gasteiger partial charge is 0.279 e. The molecule has 2 aromatic carbocycles. The van der Waals surface area contributed by atoms with Gasteiger partial charge < -0.3 is 0 Å². The predicted octanol–water partition coefficient (Wildman–Crippen LogP) is 5.15. The Labute approximate surface area is 178 Å². The molecule has 0 aliphatic heterocycles. The molecule has 0 bridgehead atoms. The van der Waals surface area contributed by atoms with Gasteiger partial charge in [-0.15, -0.1) is 10.2 Å². The van der Waals surface area contributed by atoms with Crippen LogP contribution in [0.4, 0.5) is 13.2 Å². The summed E-state index contributed by atoms with van der Waals surface area (Å²) in [5, 5.41) is 8.92. The molecule has 0 atom stereocenters. The van der Waals surface area contributed by atoms with Crippen molar-refractivity contribution in [3.63, 3.8) is 0 Å². The number of fused-ring (bicyclic) bond motifs is 1. The molecule has 0 N–H and O–H groups in total. The van der Waals surface area contributed by atoms with Gasteiger partial charge in [-0.05, 0) is 36.2 Å². The molecule has 0 spiro atoms. The molecule has 10 heteroatoms. The fourth-order valence-electron chi connectivity index (χ4n) is 2.98. The van der Waals surface area contributed by atoms with Crippen LogP contribution in [0.2, 0.25) is 5.02 Å². The number of nitrogens with zero attached hydrogens (tertiary/aromatic N) is 4. The van der Waals surface area contributed by atoms with Crippen molar-refractivity contribution in [3.8, 4) is 5.69 Å². The van der Waals surface area contributed by atoms with Crippen LogP contribution in [0, 0.1) is 6.92 Å². The van der Waals surface area contributed by atoms with Gasteiger partial charge in [0.25, 0.3) is 0 Å². The van der Waals surface area contributed by atoms with Gasteiger partial charge in [0, 0.05) is 23.2 Å². The first-order chi connectivity index (χ1) is 14.2. The van der Waals surface area contributed by atoms with Gasteiger partial charge in [0.2, 0.25) is 5.65 Å². The number of halogens is 4. The maximum absolute atomic E-state index is 12.9. The molecule has 4 rings (SSSR count). The number of benzene rings is 2. The maximum atomic E-state index is 12.9. The minimum Gasteiger partial charge on any atom is -0.279 e. The molecule has 5 nitrogen and oxygen atoms in total. The number of aromatic nitrogens is 4. The van der Waals surface area contributed by atoms with Gasteiger partial charge in [0.1, 0.15) is 0 Å². The Morgan fingerprint density at radius 2 is 1.90 bits per heavy atom. The van der Waals surface area contributed by atoms with Crippen molar-refractivity contribution >= 4 is 29.0 Å². The van der Waals surface area contributed by atoms with Crippen LogP contribution in [0.3, 0.4) is 0 Å². The molecule has 2 aromatic heterocycles. The Balaban J connectivity index is 1.64. The number of hydrogen-bond acceptors (Lipinski definition) is 4. The molecule has 0 fully saturated rings. The van der Waals surface area contributed by atoms with Gasteiger partial charge in [-0.3, -0.25) is 13.8 Å². The Bertz CT molecular complexity index is 1300. The van der Waals surface area contributed by atoms with E-state index in [0.29, 0.717) is 21.4 Å². The summed E-state index contributed by atoms with van der Waals surface area (Å²) in [5.41, 5.74) is 1.03.